The van der Waals surface area contributed by atoms with E-state index < -0.39 is 5.82 Å². The first-order chi connectivity index (χ1) is 14.0. The minimum atomic E-state index is -0.431. The monoisotopic (exact) mass is 397 g/mol. The second kappa shape index (κ2) is 9.32. The van der Waals surface area contributed by atoms with Crippen molar-refractivity contribution in [2.45, 2.75) is 32.7 Å². The van der Waals surface area contributed by atoms with Crippen LogP contribution in [0.1, 0.15) is 36.5 Å². The van der Waals surface area contributed by atoms with Crippen molar-refractivity contribution in [3.05, 3.63) is 65.8 Å². The first-order valence-electron chi connectivity index (χ1n) is 9.55. The van der Waals surface area contributed by atoms with Crippen molar-refractivity contribution in [1.29, 1.82) is 0 Å². The van der Waals surface area contributed by atoms with Crippen molar-refractivity contribution in [2.24, 2.45) is 0 Å². The molecule has 0 bridgehead atoms. The van der Waals surface area contributed by atoms with E-state index in [1.807, 2.05) is 38.1 Å². The largest absolute Gasteiger partial charge is 0.497 e. The zero-order valence-corrected chi connectivity index (χ0v) is 16.8. The molecule has 0 saturated heterocycles. The molecule has 1 aromatic heterocycles. The summed E-state index contributed by atoms with van der Waals surface area (Å²) in [5.74, 6) is 0.956. The molecule has 1 atom stereocenters. The third-order valence-corrected chi connectivity index (χ3v) is 4.82. The Balaban J connectivity index is 1.73. The molecule has 6 nitrogen and oxygen atoms in total. The fraction of sp³-hybridized carbons (Fsp3) is 0.318. The number of ether oxygens (including phenoxy) is 1. The Kier molecular flexibility index (Phi) is 6.59. The fourth-order valence-corrected chi connectivity index (χ4v) is 2.98. The van der Waals surface area contributed by atoms with Crippen LogP contribution in [0.4, 0.5) is 4.39 Å². The zero-order chi connectivity index (χ0) is 20.8. The minimum absolute atomic E-state index is 0.00783. The van der Waals surface area contributed by atoms with Crippen molar-refractivity contribution in [2.75, 3.05) is 13.7 Å². The van der Waals surface area contributed by atoms with Gasteiger partial charge in [0.15, 0.2) is 0 Å². The number of benzene rings is 2. The van der Waals surface area contributed by atoms with Crippen molar-refractivity contribution in [3.8, 4) is 17.1 Å². The summed E-state index contributed by atoms with van der Waals surface area (Å²) in [4.78, 5) is 19.0. The summed E-state index contributed by atoms with van der Waals surface area (Å²) in [6, 6.07) is 13.1. The standard InChI is InChI=1S/C22H24FN3O3/c1-4-15(2)26(22(27)17-8-5-9-18(23)13-17)12-11-20-24-21(25-29-20)16-7-6-10-19(14-16)28-3/h5-10,13-15H,4,11-12H2,1-3H3/t15-/m0/s1. The molecule has 0 unspecified atom stereocenters. The molecule has 0 N–H and O–H groups in total. The number of halogens is 1. The number of rotatable bonds is 8. The number of aromatic nitrogens is 2. The maximum atomic E-state index is 13.5. The van der Waals surface area contributed by atoms with Gasteiger partial charge in [0.05, 0.1) is 7.11 Å². The molecular weight excluding hydrogens is 373 g/mol. The van der Waals surface area contributed by atoms with E-state index >= 15 is 0 Å². The van der Waals surface area contributed by atoms with Gasteiger partial charge in [-0.2, -0.15) is 4.98 Å². The lowest BCUT2D eigenvalue weighted by Gasteiger charge is -2.28. The van der Waals surface area contributed by atoms with Gasteiger partial charge in [0.25, 0.3) is 5.91 Å². The number of hydrogen-bond acceptors (Lipinski definition) is 5. The van der Waals surface area contributed by atoms with Crippen LogP contribution in [-0.2, 0) is 6.42 Å². The third kappa shape index (κ3) is 4.99. The molecule has 3 aromatic rings. The fourth-order valence-electron chi connectivity index (χ4n) is 2.98. The topological polar surface area (TPSA) is 68.5 Å². The number of amides is 1. The SMILES string of the molecule is CC[C@H](C)N(CCc1nc(-c2cccc(OC)c2)no1)C(=O)c1cccc(F)c1. The molecular formula is C22H24FN3O3. The van der Waals surface area contributed by atoms with Gasteiger partial charge in [-0.1, -0.05) is 30.3 Å². The summed E-state index contributed by atoms with van der Waals surface area (Å²) in [5, 5.41) is 4.02. The Hall–Kier alpha value is -3.22. The second-order valence-corrected chi connectivity index (χ2v) is 6.76. The zero-order valence-electron chi connectivity index (χ0n) is 16.8. The predicted molar refractivity (Wildman–Crippen MR) is 107 cm³/mol. The Morgan fingerprint density at radius 3 is 2.76 bits per heavy atom. The van der Waals surface area contributed by atoms with Gasteiger partial charge in [0.2, 0.25) is 11.7 Å². The van der Waals surface area contributed by atoms with Crippen LogP contribution in [-0.4, -0.2) is 40.6 Å². The van der Waals surface area contributed by atoms with Crippen LogP contribution >= 0.6 is 0 Å². The number of carbonyl (C=O) groups excluding carboxylic acids is 1. The summed E-state index contributed by atoms with van der Waals surface area (Å²) < 4.78 is 24.1. The molecule has 2 aromatic carbocycles. The summed E-state index contributed by atoms with van der Waals surface area (Å²) in [5.41, 5.74) is 1.11. The van der Waals surface area contributed by atoms with Gasteiger partial charge in [-0.15, -0.1) is 0 Å². The maximum Gasteiger partial charge on any atom is 0.254 e. The molecule has 152 valence electrons. The Bertz CT molecular complexity index is 973. The molecule has 29 heavy (non-hydrogen) atoms. The number of carbonyl (C=O) groups is 1. The van der Waals surface area contributed by atoms with E-state index in [1.54, 1.807) is 18.1 Å². The highest BCUT2D eigenvalue weighted by Crippen LogP contribution is 2.21. The van der Waals surface area contributed by atoms with E-state index in [-0.39, 0.29) is 11.9 Å². The molecule has 0 aliphatic carbocycles. The quantitative estimate of drug-likeness (QED) is 0.565. The highest BCUT2D eigenvalue weighted by Gasteiger charge is 2.22. The molecule has 0 aliphatic rings. The van der Waals surface area contributed by atoms with E-state index in [2.05, 4.69) is 10.1 Å². The van der Waals surface area contributed by atoms with Crippen LogP contribution < -0.4 is 4.74 Å². The summed E-state index contributed by atoms with van der Waals surface area (Å²) in [6.07, 6.45) is 1.18. The lowest BCUT2D eigenvalue weighted by molar-refractivity contribution is 0.0686. The number of nitrogens with zero attached hydrogens (tertiary/aromatic N) is 3. The molecule has 0 fully saturated rings. The van der Waals surface area contributed by atoms with Gasteiger partial charge < -0.3 is 14.2 Å². The molecule has 1 heterocycles. The van der Waals surface area contributed by atoms with Crippen molar-refractivity contribution in [1.82, 2.24) is 15.0 Å². The summed E-state index contributed by atoms with van der Waals surface area (Å²) in [6.45, 7) is 4.36. The van der Waals surface area contributed by atoms with Gasteiger partial charge in [0.1, 0.15) is 11.6 Å². The third-order valence-electron chi connectivity index (χ3n) is 4.82. The van der Waals surface area contributed by atoms with Gasteiger partial charge in [-0.3, -0.25) is 4.79 Å². The van der Waals surface area contributed by atoms with Crippen LogP contribution in [0, 0.1) is 5.82 Å². The van der Waals surface area contributed by atoms with Crippen LogP contribution in [0.2, 0.25) is 0 Å². The summed E-state index contributed by atoms with van der Waals surface area (Å²) in [7, 11) is 1.60. The minimum Gasteiger partial charge on any atom is -0.497 e. The first kappa shape index (κ1) is 20.5. The lowest BCUT2D eigenvalue weighted by atomic mass is 10.1. The second-order valence-electron chi connectivity index (χ2n) is 6.76. The molecule has 1 amide bonds. The lowest BCUT2D eigenvalue weighted by Crippen LogP contribution is -2.39. The van der Waals surface area contributed by atoms with Crippen molar-refractivity contribution >= 4 is 5.91 Å². The average molecular weight is 397 g/mol. The van der Waals surface area contributed by atoms with Gasteiger partial charge in [-0.05, 0) is 43.7 Å². The Labute approximate surface area is 169 Å². The number of methoxy groups -OCH3 is 1. The molecule has 3 rings (SSSR count). The molecule has 0 spiro atoms. The highest BCUT2D eigenvalue weighted by atomic mass is 19.1. The van der Waals surface area contributed by atoms with E-state index in [0.29, 0.717) is 36.0 Å². The van der Waals surface area contributed by atoms with Crippen molar-refractivity contribution < 1.29 is 18.4 Å². The van der Waals surface area contributed by atoms with Crippen LogP contribution in [0.15, 0.2) is 53.1 Å². The predicted octanol–water partition coefficient (Wildman–Crippen LogP) is 4.37. The van der Waals surface area contributed by atoms with Gasteiger partial charge in [-0.25, -0.2) is 4.39 Å². The average Bonchev–Trinajstić information content (AvgIpc) is 3.22. The van der Waals surface area contributed by atoms with Crippen LogP contribution in [0.5, 0.6) is 5.75 Å². The Morgan fingerprint density at radius 2 is 2.03 bits per heavy atom. The van der Waals surface area contributed by atoms with Crippen molar-refractivity contribution in [3.63, 3.8) is 0 Å². The van der Waals surface area contributed by atoms with Gasteiger partial charge >= 0.3 is 0 Å². The van der Waals surface area contributed by atoms with Crippen LogP contribution in [0.3, 0.4) is 0 Å². The normalized spacial score (nSPS) is 11.9. The number of hydrogen-bond donors (Lipinski definition) is 0. The van der Waals surface area contributed by atoms with Crippen LogP contribution in [0.25, 0.3) is 11.4 Å². The summed E-state index contributed by atoms with van der Waals surface area (Å²) >= 11 is 0. The molecule has 0 saturated carbocycles. The smallest absolute Gasteiger partial charge is 0.254 e. The van der Waals surface area contributed by atoms with E-state index in [4.69, 9.17) is 9.26 Å². The van der Waals surface area contributed by atoms with Gasteiger partial charge in [0, 0.05) is 30.1 Å². The Morgan fingerprint density at radius 1 is 1.24 bits per heavy atom. The van der Waals surface area contributed by atoms with E-state index in [9.17, 15) is 9.18 Å². The molecule has 0 radical (unpaired) electrons. The van der Waals surface area contributed by atoms with E-state index in [0.717, 1.165) is 12.0 Å². The van der Waals surface area contributed by atoms with E-state index in [1.165, 1.54) is 18.2 Å². The molecule has 7 heteroatoms. The highest BCUT2D eigenvalue weighted by molar-refractivity contribution is 5.94. The molecule has 0 aliphatic heterocycles. The first-order valence-corrected chi connectivity index (χ1v) is 9.55. The maximum absolute atomic E-state index is 13.5.